The quantitative estimate of drug-likeness (QED) is 0.577. The molecular weight excluding hydrogens is 419 g/mol. The fraction of sp³-hybridized carbons (Fsp3) is 0.353. The third-order valence-corrected chi connectivity index (χ3v) is 5.16. The van der Waals surface area contributed by atoms with Crippen molar-refractivity contribution in [1.82, 2.24) is 14.8 Å². The zero-order valence-corrected chi connectivity index (χ0v) is 15.4. The van der Waals surface area contributed by atoms with E-state index in [1.54, 1.807) is 0 Å². The second kappa shape index (κ2) is 7.25. The lowest BCUT2D eigenvalue weighted by molar-refractivity contribution is -0.141. The molecule has 1 aromatic carbocycles. The number of aromatic nitrogens is 3. The van der Waals surface area contributed by atoms with Crippen molar-refractivity contribution in [2.24, 2.45) is 0 Å². The SMILES string of the molecule is O=C(Cn1nc(C(F)(F)F)cc1C1CC1)Nc1nc2ccc(OC(F)F)cc2s1. The van der Waals surface area contributed by atoms with Crippen LogP contribution >= 0.6 is 11.3 Å². The van der Waals surface area contributed by atoms with Gasteiger partial charge in [0.15, 0.2) is 10.8 Å². The summed E-state index contributed by atoms with van der Waals surface area (Å²) in [6.07, 6.45) is -3.08. The summed E-state index contributed by atoms with van der Waals surface area (Å²) in [6.45, 7) is -3.35. The molecule has 0 atom stereocenters. The van der Waals surface area contributed by atoms with Gasteiger partial charge < -0.3 is 10.1 Å². The van der Waals surface area contributed by atoms with Crippen molar-refractivity contribution in [2.75, 3.05) is 5.32 Å². The number of fused-ring (bicyclic) bond motifs is 1. The highest BCUT2D eigenvalue weighted by molar-refractivity contribution is 7.22. The second-order valence-electron chi connectivity index (χ2n) is 6.46. The van der Waals surface area contributed by atoms with E-state index in [-0.39, 0.29) is 16.8 Å². The zero-order valence-electron chi connectivity index (χ0n) is 14.5. The number of ether oxygens (including phenoxy) is 1. The number of hydrogen-bond acceptors (Lipinski definition) is 5. The van der Waals surface area contributed by atoms with Gasteiger partial charge in [-0.3, -0.25) is 9.48 Å². The number of carbonyl (C=O) groups excluding carboxylic acids is 1. The number of nitrogens with one attached hydrogen (secondary N) is 1. The van der Waals surface area contributed by atoms with Crippen LogP contribution in [0.3, 0.4) is 0 Å². The minimum absolute atomic E-state index is 0.0258. The molecule has 6 nitrogen and oxygen atoms in total. The summed E-state index contributed by atoms with van der Waals surface area (Å²) in [6, 6.07) is 5.13. The van der Waals surface area contributed by atoms with Gasteiger partial charge in [0.2, 0.25) is 5.91 Å². The van der Waals surface area contributed by atoms with Crippen LogP contribution in [0.25, 0.3) is 10.2 Å². The lowest BCUT2D eigenvalue weighted by Crippen LogP contribution is -2.21. The molecule has 12 heteroatoms. The largest absolute Gasteiger partial charge is 0.435 e. The molecule has 2 heterocycles. The molecule has 0 bridgehead atoms. The predicted octanol–water partition coefficient (Wildman–Crippen LogP) is 4.63. The highest BCUT2D eigenvalue weighted by atomic mass is 32.1. The Morgan fingerprint density at radius 2 is 2.07 bits per heavy atom. The first-order valence-corrected chi connectivity index (χ1v) is 9.31. The molecule has 1 aliphatic carbocycles. The van der Waals surface area contributed by atoms with Gasteiger partial charge in [-0.25, -0.2) is 4.98 Å². The maximum absolute atomic E-state index is 12.9. The normalized spacial score (nSPS) is 14.6. The average molecular weight is 432 g/mol. The first-order valence-electron chi connectivity index (χ1n) is 8.49. The van der Waals surface area contributed by atoms with E-state index < -0.39 is 30.9 Å². The topological polar surface area (TPSA) is 69.0 Å². The van der Waals surface area contributed by atoms with Crippen LogP contribution in [0, 0.1) is 0 Å². The van der Waals surface area contributed by atoms with Crippen LogP contribution < -0.4 is 10.1 Å². The highest BCUT2D eigenvalue weighted by Crippen LogP contribution is 2.42. The van der Waals surface area contributed by atoms with Crippen molar-refractivity contribution in [3.05, 3.63) is 35.7 Å². The van der Waals surface area contributed by atoms with Crippen LogP contribution in [-0.4, -0.2) is 27.3 Å². The number of rotatable bonds is 6. The van der Waals surface area contributed by atoms with Gasteiger partial charge in [-0.1, -0.05) is 11.3 Å². The molecule has 3 aromatic rings. The summed E-state index contributed by atoms with van der Waals surface area (Å²) < 4.78 is 69.3. The van der Waals surface area contributed by atoms with Crippen molar-refractivity contribution in [2.45, 2.75) is 38.1 Å². The van der Waals surface area contributed by atoms with Gasteiger partial charge in [0.25, 0.3) is 0 Å². The Kier molecular flexibility index (Phi) is 4.89. The van der Waals surface area contributed by atoms with Crippen molar-refractivity contribution < 1.29 is 31.5 Å². The predicted molar refractivity (Wildman–Crippen MR) is 94.1 cm³/mol. The Hall–Kier alpha value is -2.76. The summed E-state index contributed by atoms with van der Waals surface area (Å²) in [7, 11) is 0. The Labute approximate surface area is 164 Å². The maximum Gasteiger partial charge on any atom is 0.435 e. The van der Waals surface area contributed by atoms with Gasteiger partial charge in [0, 0.05) is 11.6 Å². The van der Waals surface area contributed by atoms with E-state index in [4.69, 9.17) is 0 Å². The smallest absolute Gasteiger partial charge is 0.435 e. The molecule has 1 fully saturated rings. The molecule has 1 saturated carbocycles. The van der Waals surface area contributed by atoms with Crippen LogP contribution in [0.4, 0.5) is 27.1 Å². The van der Waals surface area contributed by atoms with E-state index in [0.29, 0.717) is 15.9 Å². The first-order chi connectivity index (χ1) is 13.7. The van der Waals surface area contributed by atoms with Gasteiger partial charge in [-0.05, 0) is 37.1 Å². The minimum atomic E-state index is -4.59. The third kappa shape index (κ3) is 4.47. The molecule has 0 unspecified atom stereocenters. The Morgan fingerprint density at radius 1 is 1.31 bits per heavy atom. The van der Waals surface area contributed by atoms with Crippen molar-refractivity contribution >= 4 is 32.6 Å². The number of benzene rings is 1. The second-order valence-corrected chi connectivity index (χ2v) is 7.49. The average Bonchev–Trinajstić information content (AvgIpc) is 3.23. The summed E-state index contributed by atoms with van der Waals surface area (Å²) in [5.41, 5.74) is -0.187. The van der Waals surface area contributed by atoms with Crippen molar-refractivity contribution in [3.8, 4) is 5.75 Å². The van der Waals surface area contributed by atoms with Crippen LogP contribution in [0.15, 0.2) is 24.3 Å². The molecule has 1 aliphatic rings. The molecule has 0 spiro atoms. The molecule has 2 aromatic heterocycles. The maximum atomic E-state index is 12.9. The van der Waals surface area contributed by atoms with E-state index in [1.165, 1.54) is 18.2 Å². The van der Waals surface area contributed by atoms with Gasteiger partial charge in [0.1, 0.15) is 12.3 Å². The molecule has 0 saturated heterocycles. The molecule has 1 amide bonds. The van der Waals surface area contributed by atoms with E-state index in [2.05, 4.69) is 20.1 Å². The molecular formula is C17H13F5N4O2S. The van der Waals surface area contributed by atoms with Crippen LogP contribution in [0.2, 0.25) is 0 Å². The molecule has 1 N–H and O–H groups in total. The third-order valence-electron chi connectivity index (χ3n) is 4.22. The highest BCUT2D eigenvalue weighted by Gasteiger charge is 2.38. The van der Waals surface area contributed by atoms with Gasteiger partial charge in [-0.15, -0.1) is 0 Å². The molecule has 154 valence electrons. The van der Waals surface area contributed by atoms with E-state index in [9.17, 15) is 26.7 Å². The van der Waals surface area contributed by atoms with Crippen LogP contribution in [0.1, 0.15) is 30.1 Å². The van der Waals surface area contributed by atoms with Crippen molar-refractivity contribution in [1.29, 1.82) is 0 Å². The number of amides is 1. The van der Waals surface area contributed by atoms with E-state index >= 15 is 0 Å². The molecule has 0 radical (unpaired) electrons. The number of alkyl halides is 5. The standard InChI is InChI=1S/C17H13F5N4O2S/c18-15(19)28-9-3-4-10-12(5-9)29-16(23-10)24-14(27)7-26-11(8-1-2-8)6-13(25-26)17(20,21)22/h3-6,8,15H,1-2,7H2,(H,23,24,27). The number of hydrogen-bond donors (Lipinski definition) is 1. The fourth-order valence-corrected chi connectivity index (χ4v) is 3.74. The summed E-state index contributed by atoms with van der Waals surface area (Å²) in [4.78, 5) is 16.5. The Morgan fingerprint density at radius 3 is 2.72 bits per heavy atom. The Bertz CT molecular complexity index is 1060. The van der Waals surface area contributed by atoms with Gasteiger partial charge in [0.05, 0.1) is 10.2 Å². The molecule has 4 rings (SSSR count). The lowest BCUT2D eigenvalue weighted by atomic mass is 10.2. The van der Waals surface area contributed by atoms with Gasteiger partial charge >= 0.3 is 12.8 Å². The first kappa shape index (κ1) is 19.6. The van der Waals surface area contributed by atoms with Crippen molar-refractivity contribution in [3.63, 3.8) is 0 Å². The number of nitrogens with zero attached hydrogens (tertiary/aromatic N) is 3. The van der Waals surface area contributed by atoms with Gasteiger partial charge in [-0.2, -0.15) is 27.1 Å². The van der Waals surface area contributed by atoms with E-state index in [0.717, 1.165) is 34.9 Å². The van der Waals surface area contributed by atoms with E-state index in [1.807, 2.05) is 0 Å². The molecule has 0 aliphatic heterocycles. The Balaban J connectivity index is 1.49. The zero-order chi connectivity index (χ0) is 20.8. The van der Waals surface area contributed by atoms with Crippen LogP contribution in [0.5, 0.6) is 5.75 Å². The molecule has 29 heavy (non-hydrogen) atoms. The fourth-order valence-electron chi connectivity index (χ4n) is 2.83. The summed E-state index contributed by atoms with van der Waals surface area (Å²) in [5.74, 6) is -0.659. The number of anilines is 1. The monoisotopic (exact) mass is 432 g/mol. The number of thiazole rings is 1. The van der Waals surface area contributed by atoms with Crippen LogP contribution in [-0.2, 0) is 17.5 Å². The number of carbonyl (C=O) groups is 1. The minimum Gasteiger partial charge on any atom is -0.435 e. The summed E-state index contributed by atoms with van der Waals surface area (Å²) >= 11 is 1.03. The summed E-state index contributed by atoms with van der Waals surface area (Å²) in [5, 5.41) is 6.23. The lowest BCUT2D eigenvalue weighted by Gasteiger charge is -2.06. The number of halogens is 5.